The number of para-hydroxylation sites is 1. The van der Waals surface area contributed by atoms with E-state index in [4.69, 9.17) is 28.3 Å². The van der Waals surface area contributed by atoms with Crippen LogP contribution in [-0.4, -0.2) is 28.2 Å². The Labute approximate surface area is 145 Å². The molecule has 1 aromatic heterocycles. The summed E-state index contributed by atoms with van der Waals surface area (Å²) in [5, 5.41) is 14.5. The Morgan fingerprint density at radius 3 is 2.38 bits per heavy atom. The molecule has 0 atom stereocenters. The summed E-state index contributed by atoms with van der Waals surface area (Å²) in [5.41, 5.74) is -0.872. The summed E-state index contributed by atoms with van der Waals surface area (Å²) in [6.07, 6.45) is -4.30. The fourth-order valence-electron chi connectivity index (χ4n) is 1.76. The monoisotopic (exact) mass is 380 g/mol. The van der Waals surface area contributed by atoms with Crippen LogP contribution in [0.4, 0.5) is 30.6 Å². The van der Waals surface area contributed by atoms with Gasteiger partial charge in [0.1, 0.15) is 5.82 Å². The summed E-state index contributed by atoms with van der Waals surface area (Å²) < 4.78 is 39.0. The normalized spacial score (nSPS) is 11.4. The Morgan fingerprint density at radius 1 is 1.12 bits per heavy atom. The van der Waals surface area contributed by atoms with Crippen molar-refractivity contribution in [2.75, 3.05) is 23.8 Å². The third-order valence-corrected chi connectivity index (χ3v) is 3.48. The predicted octanol–water partition coefficient (Wildman–Crippen LogP) is 4.34. The summed E-state index contributed by atoms with van der Waals surface area (Å²) in [4.78, 5) is 7.39. The largest absolute Gasteiger partial charge is 0.433 e. The number of alkyl halides is 3. The van der Waals surface area contributed by atoms with Crippen LogP contribution >= 0.6 is 23.2 Å². The van der Waals surface area contributed by atoms with E-state index < -0.39 is 11.9 Å². The first-order chi connectivity index (χ1) is 11.3. The highest BCUT2D eigenvalue weighted by Gasteiger charge is 2.33. The molecule has 0 unspecified atom stereocenters. The minimum atomic E-state index is -4.64. The molecule has 0 aliphatic carbocycles. The standard InChI is InChI=1S/C14H13Cl2F3N4O/c15-8-3-1-4-9(16)12(8)22-11-7-10(14(17,18)19)21-13(23-11)20-5-2-6-24/h1,3-4,7,24H,2,5-6H2,(H2,20,21,22,23). The molecular weight excluding hydrogens is 368 g/mol. The molecule has 2 rings (SSSR count). The fourth-order valence-corrected chi connectivity index (χ4v) is 2.25. The Balaban J connectivity index is 2.35. The smallest absolute Gasteiger partial charge is 0.396 e. The van der Waals surface area contributed by atoms with Gasteiger partial charge in [0.05, 0.1) is 15.7 Å². The van der Waals surface area contributed by atoms with E-state index in [0.717, 1.165) is 6.07 Å². The summed E-state index contributed by atoms with van der Waals surface area (Å²) in [5.74, 6) is -0.331. The van der Waals surface area contributed by atoms with Crippen molar-refractivity contribution in [2.24, 2.45) is 0 Å². The van der Waals surface area contributed by atoms with E-state index in [-0.39, 0.29) is 40.7 Å². The lowest BCUT2D eigenvalue weighted by molar-refractivity contribution is -0.141. The highest BCUT2D eigenvalue weighted by molar-refractivity contribution is 6.39. The molecule has 5 nitrogen and oxygen atoms in total. The highest BCUT2D eigenvalue weighted by atomic mass is 35.5. The number of halogens is 5. The molecule has 10 heteroatoms. The SMILES string of the molecule is OCCCNc1nc(Nc2c(Cl)cccc2Cl)cc(C(F)(F)F)n1. The molecule has 130 valence electrons. The molecule has 0 aliphatic rings. The molecule has 0 fully saturated rings. The molecule has 0 radical (unpaired) electrons. The average molecular weight is 381 g/mol. The van der Waals surface area contributed by atoms with Crippen molar-refractivity contribution in [3.8, 4) is 0 Å². The van der Waals surface area contributed by atoms with E-state index in [9.17, 15) is 13.2 Å². The van der Waals surface area contributed by atoms with Gasteiger partial charge in [0.15, 0.2) is 5.69 Å². The number of hydrogen-bond donors (Lipinski definition) is 3. The third kappa shape index (κ3) is 4.86. The zero-order valence-electron chi connectivity index (χ0n) is 12.2. The topological polar surface area (TPSA) is 70.1 Å². The zero-order chi connectivity index (χ0) is 17.7. The maximum atomic E-state index is 13.0. The van der Waals surface area contributed by atoms with E-state index in [1.165, 1.54) is 0 Å². The van der Waals surface area contributed by atoms with Crippen LogP contribution in [0.5, 0.6) is 0 Å². The lowest BCUT2D eigenvalue weighted by atomic mass is 10.3. The second-order valence-electron chi connectivity index (χ2n) is 4.69. The Kier molecular flexibility index (Phi) is 6.09. The molecule has 24 heavy (non-hydrogen) atoms. The number of anilines is 3. The van der Waals surface area contributed by atoms with Gasteiger partial charge in [-0.3, -0.25) is 0 Å². The molecule has 0 saturated carbocycles. The first-order valence-electron chi connectivity index (χ1n) is 6.83. The van der Waals surface area contributed by atoms with Crippen molar-refractivity contribution in [1.29, 1.82) is 0 Å². The van der Waals surface area contributed by atoms with Crippen LogP contribution in [0.3, 0.4) is 0 Å². The second kappa shape index (κ2) is 7.87. The first-order valence-corrected chi connectivity index (χ1v) is 7.59. The summed E-state index contributed by atoms with van der Waals surface area (Å²) in [6, 6.07) is 5.46. The van der Waals surface area contributed by atoms with Crippen LogP contribution in [-0.2, 0) is 6.18 Å². The van der Waals surface area contributed by atoms with Crippen molar-refractivity contribution in [2.45, 2.75) is 12.6 Å². The van der Waals surface area contributed by atoms with E-state index >= 15 is 0 Å². The van der Waals surface area contributed by atoms with Gasteiger partial charge >= 0.3 is 6.18 Å². The van der Waals surface area contributed by atoms with E-state index in [2.05, 4.69) is 20.6 Å². The van der Waals surface area contributed by atoms with Crippen molar-refractivity contribution < 1.29 is 18.3 Å². The number of nitrogens with zero attached hydrogens (tertiary/aromatic N) is 2. The Hall–Kier alpha value is -1.77. The van der Waals surface area contributed by atoms with E-state index in [0.29, 0.717) is 6.42 Å². The molecule has 0 saturated heterocycles. The van der Waals surface area contributed by atoms with Gasteiger partial charge in [-0.2, -0.15) is 18.2 Å². The van der Waals surface area contributed by atoms with Gasteiger partial charge in [0, 0.05) is 19.2 Å². The van der Waals surface area contributed by atoms with Gasteiger partial charge in [-0.25, -0.2) is 4.98 Å². The summed E-state index contributed by atoms with van der Waals surface area (Å²) in [6.45, 7) is 0.121. The van der Waals surface area contributed by atoms with Gasteiger partial charge in [0.25, 0.3) is 0 Å². The third-order valence-electron chi connectivity index (χ3n) is 2.85. The minimum Gasteiger partial charge on any atom is -0.396 e. The molecule has 0 amide bonds. The minimum absolute atomic E-state index is 0.105. The summed E-state index contributed by atoms with van der Waals surface area (Å²) in [7, 11) is 0. The lowest BCUT2D eigenvalue weighted by Crippen LogP contribution is -2.14. The summed E-state index contributed by atoms with van der Waals surface area (Å²) >= 11 is 12.0. The van der Waals surface area contributed by atoms with Gasteiger partial charge in [-0.15, -0.1) is 0 Å². The van der Waals surface area contributed by atoms with Gasteiger partial charge in [0.2, 0.25) is 5.95 Å². The van der Waals surface area contributed by atoms with Gasteiger partial charge in [-0.05, 0) is 18.6 Å². The molecular formula is C14H13Cl2F3N4O. The lowest BCUT2D eigenvalue weighted by Gasteiger charge is -2.14. The van der Waals surface area contributed by atoms with Crippen molar-refractivity contribution in [3.63, 3.8) is 0 Å². The number of rotatable bonds is 6. The molecule has 0 aliphatic heterocycles. The van der Waals surface area contributed by atoms with Crippen LogP contribution in [0.1, 0.15) is 12.1 Å². The van der Waals surface area contributed by atoms with E-state index in [1.807, 2.05) is 0 Å². The second-order valence-corrected chi connectivity index (χ2v) is 5.50. The number of benzene rings is 1. The number of aromatic nitrogens is 2. The van der Waals surface area contributed by atoms with Crippen LogP contribution < -0.4 is 10.6 Å². The van der Waals surface area contributed by atoms with Crippen LogP contribution in [0.15, 0.2) is 24.3 Å². The zero-order valence-corrected chi connectivity index (χ0v) is 13.7. The van der Waals surface area contributed by atoms with Crippen molar-refractivity contribution in [3.05, 3.63) is 40.0 Å². The Morgan fingerprint density at radius 2 is 1.79 bits per heavy atom. The molecule has 1 aromatic carbocycles. The molecule has 1 heterocycles. The van der Waals surface area contributed by atoms with Crippen LogP contribution in [0, 0.1) is 0 Å². The highest BCUT2D eigenvalue weighted by Crippen LogP contribution is 2.34. The van der Waals surface area contributed by atoms with Gasteiger partial charge in [-0.1, -0.05) is 29.3 Å². The molecule has 0 bridgehead atoms. The van der Waals surface area contributed by atoms with Crippen molar-refractivity contribution in [1.82, 2.24) is 9.97 Å². The van der Waals surface area contributed by atoms with Crippen LogP contribution in [0.2, 0.25) is 10.0 Å². The van der Waals surface area contributed by atoms with E-state index in [1.54, 1.807) is 18.2 Å². The number of aliphatic hydroxyl groups is 1. The first kappa shape index (κ1) is 18.6. The predicted molar refractivity (Wildman–Crippen MR) is 87.0 cm³/mol. The quantitative estimate of drug-likeness (QED) is 0.650. The Bertz CT molecular complexity index is 693. The van der Waals surface area contributed by atoms with Crippen LogP contribution in [0.25, 0.3) is 0 Å². The number of aliphatic hydroxyl groups excluding tert-OH is 1. The van der Waals surface area contributed by atoms with Gasteiger partial charge < -0.3 is 15.7 Å². The molecule has 2 aromatic rings. The van der Waals surface area contributed by atoms with Crippen molar-refractivity contribution >= 4 is 40.7 Å². The number of nitrogens with one attached hydrogen (secondary N) is 2. The maximum Gasteiger partial charge on any atom is 0.433 e. The molecule has 0 spiro atoms. The molecule has 3 N–H and O–H groups in total. The number of hydrogen-bond acceptors (Lipinski definition) is 5. The average Bonchev–Trinajstić information content (AvgIpc) is 2.50. The maximum absolute atomic E-state index is 13.0. The fraction of sp³-hybridized carbons (Fsp3) is 0.286.